The smallest absolute Gasteiger partial charge is 0.243 e. The highest BCUT2D eigenvalue weighted by Gasteiger charge is 2.20. The van der Waals surface area contributed by atoms with Gasteiger partial charge in [0.2, 0.25) is 11.8 Å². The van der Waals surface area contributed by atoms with Crippen LogP contribution >= 0.6 is 11.6 Å². The largest absolute Gasteiger partial charge is 0.310 e. The quantitative estimate of drug-likeness (QED) is 0.640. The number of nitrogens with zero attached hydrogens (tertiary/aromatic N) is 2. The van der Waals surface area contributed by atoms with Gasteiger partial charge in [-0.2, -0.15) is 5.10 Å². The van der Waals surface area contributed by atoms with Crippen molar-refractivity contribution in [2.45, 2.75) is 45.4 Å². The van der Waals surface area contributed by atoms with Crippen LogP contribution in [0.4, 0.5) is 5.82 Å². The maximum Gasteiger partial charge on any atom is 0.243 e. The minimum atomic E-state index is -0.243. The third kappa shape index (κ3) is 5.98. The minimum absolute atomic E-state index is 0.0485. The van der Waals surface area contributed by atoms with Gasteiger partial charge in [-0.1, -0.05) is 30.9 Å². The molecule has 7 heteroatoms. The van der Waals surface area contributed by atoms with Crippen molar-refractivity contribution in [3.8, 4) is 0 Å². The van der Waals surface area contributed by atoms with Crippen molar-refractivity contribution in [2.75, 3.05) is 5.32 Å². The van der Waals surface area contributed by atoms with Gasteiger partial charge in [-0.15, -0.1) is 0 Å². The van der Waals surface area contributed by atoms with Gasteiger partial charge < -0.3 is 5.32 Å². The molecule has 0 saturated heterocycles. The van der Waals surface area contributed by atoms with Gasteiger partial charge in [0.25, 0.3) is 0 Å². The standard InChI is InChI=1S/C16H21ClN4O2/c1-11(20-21-16(23)12-5-3-2-4-6-12)9-15(22)19-14-8-7-13(17)10-18-14/h7-8,10,12H,2-6,9H2,1H3,(H,21,23)(H,18,19,22)/b20-11-. The third-order valence-electron chi connectivity index (χ3n) is 3.74. The molecule has 2 N–H and O–H groups in total. The van der Waals surface area contributed by atoms with E-state index in [1.807, 2.05) is 0 Å². The first-order valence-electron chi connectivity index (χ1n) is 7.79. The molecule has 6 nitrogen and oxygen atoms in total. The number of anilines is 1. The zero-order chi connectivity index (χ0) is 16.7. The van der Waals surface area contributed by atoms with Crippen LogP contribution in [0.3, 0.4) is 0 Å². The van der Waals surface area contributed by atoms with Crippen molar-refractivity contribution in [1.82, 2.24) is 10.4 Å². The van der Waals surface area contributed by atoms with E-state index in [1.165, 1.54) is 12.6 Å². The normalized spacial score (nSPS) is 16.0. The van der Waals surface area contributed by atoms with Crippen molar-refractivity contribution in [2.24, 2.45) is 11.0 Å². The summed E-state index contributed by atoms with van der Waals surface area (Å²) < 4.78 is 0. The lowest BCUT2D eigenvalue weighted by atomic mass is 9.89. The molecule has 124 valence electrons. The van der Waals surface area contributed by atoms with Gasteiger partial charge in [-0.05, 0) is 31.9 Å². The van der Waals surface area contributed by atoms with Crippen LogP contribution < -0.4 is 10.7 Å². The van der Waals surface area contributed by atoms with E-state index in [0.29, 0.717) is 16.6 Å². The van der Waals surface area contributed by atoms with Gasteiger partial charge in [0.1, 0.15) is 5.82 Å². The van der Waals surface area contributed by atoms with Gasteiger partial charge in [0.15, 0.2) is 0 Å². The van der Waals surface area contributed by atoms with Crippen molar-refractivity contribution < 1.29 is 9.59 Å². The Kier molecular flexibility index (Phi) is 6.52. The van der Waals surface area contributed by atoms with Gasteiger partial charge in [-0.25, -0.2) is 10.4 Å². The van der Waals surface area contributed by atoms with Crippen LogP contribution in [0.2, 0.25) is 5.02 Å². The molecule has 0 unspecified atom stereocenters. The number of amides is 2. The average Bonchev–Trinajstić information content (AvgIpc) is 2.55. The maximum absolute atomic E-state index is 12.0. The zero-order valence-corrected chi connectivity index (χ0v) is 13.9. The molecule has 2 amide bonds. The van der Waals surface area contributed by atoms with Gasteiger partial charge >= 0.3 is 0 Å². The molecule has 0 bridgehead atoms. The molecule has 0 aromatic carbocycles. The van der Waals surface area contributed by atoms with Crippen LogP contribution in [0, 0.1) is 5.92 Å². The Labute approximate surface area is 140 Å². The molecule has 0 radical (unpaired) electrons. The Balaban J connectivity index is 1.78. The van der Waals surface area contributed by atoms with Gasteiger partial charge in [0, 0.05) is 17.8 Å². The van der Waals surface area contributed by atoms with E-state index in [1.54, 1.807) is 19.1 Å². The van der Waals surface area contributed by atoms with Crippen LogP contribution in [-0.4, -0.2) is 22.5 Å². The van der Waals surface area contributed by atoms with Crippen molar-refractivity contribution >= 4 is 34.9 Å². The third-order valence-corrected chi connectivity index (χ3v) is 3.97. The molecule has 0 atom stereocenters. The summed E-state index contributed by atoms with van der Waals surface area (Å²) in [7, 11) is 0. The number of aromatic nitrogens is 1. The SMILES string of the molecule is C/C(CC(=O)Nc1ccc(Cl)cn1)=N/NC(=O)C1CCCCC1. The summed E-state index contributed by atoms with van der Waals surface area (Å²) in [5.41, 5.74) is 3.11. The predicted molar refractivity (Wildman–Crippen MR) is 90.3 cm³/mol. The molecule has 1 aromatic rings. The lowest BCUT2D eigenvalue weighted by molar-refractivity contribution is -0.126. The van der Waals surface area contributed by atoms with E-state index < -0.39 is 0 Å². The number of halogens is 1. The number of hydrogen-bond donors (Lipinski definition) is 2. The van der Waals surface area contributed by atoms with Crippen LogP contribution in [0.1, 0.15) is 45.4 Å². The van der Waals surface area contributed by atoms with Crippen molar-refractivity contribution in [3.05, 3.63) is 23.4 Å². The van der Waals surface area contributed by atoms with Crippen LogP contribution in [0.5, 0.6) is 0 Å². The second-order valence-corrected chi connectivity index (χ2v) is 6.18. The number of hydrogen-bond acceptors (Lipinski definition) is 4. The van der Waals surface area contributed by atoms with Crippen molar-refractivity contribution in [3.63, 3.8) is 0 Å². The van der Waals surface area contributed by atoms with Crippen LogP contribution in [0.25, 0.3) is 0 Å². The molecular formula is C16H21ClN4O2. The fraction of sp³-hybridized carbons (Fsp3) is 0.500. The summed E-state index contributed by atoms with van der Waals surface area (Å²) in [6.45, 7) is 1.70. The number of hydrazone groups is 1. The van der Waals surface area contributed by atoms with E-state index in [2.05, 4.69) is 20.8 Å². The number of rotatable bonds is 5. The first-order valence-corrected chi connectivity index (χ1v) is 8.17. The fourth-order valence-electron chi connectivity index (χ4n) is 2.52. The summed E-state index contributed by atoms with van der Waals surface area (Å²) >= 11 is 5.73. The van der Waals surface area contributed by atoms with E-state index in [4.69, 9.17) is 11.6 Å². The van der Waals surface area contributed by atoms with E-state index >= 15 is 0 Å². The first kappa shape index (κ1) is 17.4. The van der Waals surface area contributed by atoms with Gasteiger partial charge in [0.05, 0.1) is 11.4 Å². The summed E-state index contributed by atoms with van der Waals surface area (Å²) in [5.74, 6) is 0.183. The number of carbonyl (C=O) groups is 2. The minimum Gasteiger partial charge on any atom is -0.310 e. The van der Waals surface area contributed by atoms with Gasteiger partial charge in [-0.3, -0.25) is 9.59 Å². The molecule has 1 heterocycles. The molecule has 1 aliphatic rings. The zero-order valence-electron chi connectivity index (χ0n) is 13.1. The second kappa shape index (κ2) is 8.62. The molecule has 1 aromatic heterocycles. The summed E-state index contributed by atoms with van der Waals surface area (Å²) in [6, 6.07) is 3.27. The summed E-state index contributed by atoms with van der Waals surface area (Å²) in [6.07, 6.45) is 6.78. The fourth-order valence-corrected chi connectivity index (χ4v) is 2.63. The predicted octanol–water partition coefficient (Wildman–Crippen LogP) is 3.14. The highest BCUT2D eigenvalue weighted by Crippen LogP contribution is 2.23. The molecule has 0 spiro atoms. The Morgan fingerprint density at radius 3 is 2.70 bits per heavy atom. The molecule has 23 heavy (non-hydrogen) atoms. The lowest BCUT2D eigenvalue weighted by Gasteiger charge is -2.19. The molecule has 2 rings (SSSR count). The second-order valence-electron chi connectivity index (χ2n) is 5.74. The highest BCUT2D eigenvalue weighted by atomic mass is 35.5. The highest BCUT2D eigenvalue weighted by molar-refractivity contribution is 6.30. The molecule has 0 aliphatic heterocycles. The lowest BCUT2D eigenvalue weighted by Crippen LogP contribution is -2.29. The molecule has 1 aliphatic carbocycles. The topological polar surface area (TPSA) is 83.4 Å². The Morgan fingerprint density at radius 2 is 2.04 bits per heavy atom. The number of nitrogens with one attached hydrogen (secondary N) is 2. The average molecular weight is 337 g/mol. The van der Waals surface area contributed by atoms with E-state index in [-0.39, 0.29) is 24.2 Å². The Hall–Kier alpha value is -1.95. The molecule has 1 saturated carbocycles. The monoisotopic (exact) mass is 336 g/mol. The van der Waals surface area contributed by atoms with Crippen molar-refractivity contribution in [1.29, 1.82) is 0 Å². The Morgan fingerprint density at radius 1 is 1.30 bits per heavy atom. The Bertz CT molecular complexity index is 580. The van der Waals surface area contributed by atoms with Crippen LogP contribution in [-0.2, 0) is 9.59 Å². The summed E-state index contributed by atoms with van der Waals surface area (Å²) in [5, 5.41) is 7.16. The van der Waals surface area contributed by atoms with E-state index in [9.17, 15) is 9.59 Å². The number of pyridine rings is 1. The first-order chi connectivity index (χ1) is 11.0. The molecular weight excluding hydrogens is 316 g/mol. The van der Waals surface area contributed by atoms with E-state index in [0.717, 1.165) is 25.7 Å². The maximum atomic E-state index is 12.0. The summed E-state index contributed by atoms with van der Waals surface area (Å²) in [4.78, 5) is 27.8. The van der Waals surface area contributed by atoms with Crippen LogP contribution in [0.15, 0.2) is 23.4 Å². The number of carbonyl (C=O) groups excluding carboxylic acids is 2. The molecule has 1 fully saturated rings.